The predicted molar refractivity (Wildman–Crippen MR) is 54.4 cm³/mol. The molecule has 0 aromatic carbocycles. The van der Waals surface area contributed by atoms with Crippen molar-refractivity contribution in [2.24, 2.45) is 0 Å². The second-order valence-corrected chi connectivity index (χ2v) is 4.35. The van der Waals surface area contributed by atoms with Crippen molar-refractivity contribution in [1.29, 1.82) is 0 Å². The quantitative estimate of drug-likeness (QED) is 0.655. The third-order valence-electron chi connectivity index (χ3n) is 1.25. The highest BCUT2D eigenvalue weighted by Gasteiger charge is 1.94. The van der Waals surface area contributed by atoms with Crippen molar-refractivity contribution in [3.8, 4) is 0 Å². The molecule has 0 amide bonds. The van der Waals surface area contributed by atoms with Gasteiger partial charge in [0.25, 0.3) is 0 Å². The Morgan fingerprint density at radius 2 is 2.33 bits per heavy atom. The van der Waals surface area contributed by atoms with E-state index in [0.717, 1.165) is 21.5 Å². The number of aromatic nitrogens is 1. The highest BCUT2D eigenvalue weighted by molar-refractivity contribution is 9.10. The van der Waals surface area contributed by atoms with Gasteiger partial charge in [0.2, 0.25) is 0 Å². The predicted octanol–water partition coefficient (Wildman–Crippen LogP) is 2.32. The third-order valence-corrected chi connectivity index (χ3v) is 2.73. The van der Waals surface area contributed by atoms with Crippen LogP contribution in [0, 0.1) is 0 Å². The van der Waals surface area contributed by atoms with Crippen LogP contribution in [0.5, 0.6) is 0 Å². The number of aliphatic hydroxyl groups is 1. The van der Waals surface area contributed by atoms with Crippen LogP contribution in [0.15, 0.2) is 27.8 Å². The Morgan fingerprint density at radius 3 is 3.00 bits per heavy atom. The third kappa shape index (κ3) is 3.56. The van der Waals surface area contributed by atoms with Gasteiger partial charge in [-0.15, -0.1) is 11.8 Å². The maximum absolute atomic E-state index is 8.56. The standard InChI is InChI=1S/C8H10BrNOS/c9-7-4-8(6-10-5-7)12-3-1-2-11/h4-6,11H,1-3H2. The molecule has 12 heavy (non-hydrogen) atoms. The Morgan fingerprint density at radius 1 is 1.50 bits per heavy atom. The number of halogens is 1. The molecule has 1 rings (SSSR count). The number of aliphatic hydroxyl groups excluding tert-OH is 1. The normalized spacial score (nSPS) is 10.2. The molecule has 1 heterocycles. The minimum atomic E-state index is 0.258. The van der Waals surface area contributed by atoms with E-state index in [1.54, 1.807) is 18.0 Å². The summed E-state index contributed by atoms with van der Waals surface area (Å²) in [6.07, 6.45) is 4.42. The molecular formula is C8H10BrNOS. The minimum Gasteiger partial charge on any atom is -0.396 e. The fourth-order valence-corrected chi connectivity index (χ4v) is 2.10. The van der Waals surface area contributed by atoms with E-state index in [1.807, 2.05) is 12.3 Å². The summed E-state index contributed by atoms with van der Waals surface area (Å²) in [5.74, 6) is 0.939. The van der Waals surface area contributed by atoms with E-state index >= 15 is 0 Å². The molecule has 0 bridgehead atoms. The van der Waals surface area contributed by atoms with E-state index in [0.29, 0.717) is 0 Å². The summed E-state index contributed by atoms with van der Waals surface area (Å²) >= 11 is 5.05. The molecule has 0 fully saturated rings. The molecule has 4 heteroatoms. The average molecular weight is 248 g/mol. The molecule has 0 spiro atoms. The molecule has 2 nitrogen and oxygen atoms in total. The first-order valence-corrected chi connectivity index (χ1v) is 5.45. The van der Waals surface area contributed by atoms with Crippen molar-refractivity contribution < 1.29 is 5.11 Å². The van der Waals surface area contributed by atoms with Gasteiger partial charge in [-0.05, 0) is 28.4 Å². The van der Waals surface area contributed by atoms with E-state index in [-0.39, 0.29) is 6.61 Å². The van der Waals surface area contributed by atoms with Crippen LogP contribution in [0.3, 0.4) is 0 Å². The summed E-state index contributed by atoms with van der Waals surface area (Å²) in [6.45, 7) is 0.258. The lowest BCUT2D eigenvalue weighted by Gasteiger charge is -1.99. The van der Waals surface area contributed by atoms with Gasteiger partial charge in [0.15, 0.2) is 0 Å². The fourth-order valence-electron chi connectivity index (χ4n) is 0.726. The molecule has 0 unspecified atom stereocenters. The molecule has 0 atom stereocenters. The Hall–Kier alpha value is -0.0600. The van der Waals surface area contributed by atoms with Crippen LogP contribution >= 0.6 is 27.7 Å². The maximum Gasteiger partial charge on any atom is 0.0439 e. The molecule has 0 aliphatic heterocycles. The van der Waals surface area contributed by atoms with Crippen molar-refractivity contribution in [2.45, 2.75) is 11.3 Å². The highest BCUT2D eigenvalue weighted by Crippen LogP contribution is 2.20. The summed E-state index contributed by atoms with van der Waals surface area (Å²) < 4.78 is 0.997. The smallest absolute Gasteiger partial charge is 0.0439 e. The van der Waals surface area contributed by atoms with Gasteiger partial charge in [-0.3, -0.25) is 4.98 Å². The topological polar surface area (TPSA) is 33.1 Å². The van der Waals surface area contributed by atoms with Gasteiger partial charge in [0, 0.05) is 34.1 Å². The van der Waals surface area contributed by atoms with Gasteiger partial charge in [-0.2, -0.15) is 0 Å². The molecule has 0 saturated heterocycles. The summed E-state index contributed by atoms with van der Waals surface area (Å²) in [5, 5.41) is 8.56. The zero-order valence-corrected chi connectivity index (χ0v) is 8.94. The van der Waals surface area contributed by atoms with Gasteiger partial charge >= 0.3 is 0 Å². The fraction of sp³-hybridized carbons (Fsp3) is 0.375. The summed E-state index contributed by atoms with van der Waals surface area (Å²) in [4.78, 5) is 5.17. The molecule has 0 radical (unpaired) electrons. The van der Waals surface area contributed by atoms with Gasteiger partial charge in [-0.1, -0.05) is 0 Å². The van der Waals surface area contributed by atoms with Crippen molar-refractivity contribution in [3.63, 3.8) is 0 Å². The SMILES string of the molecule is OCCCSc1cncc(Br)c1. The van der Waals surface area contributed by atoms with Crippen LogP contribution in [-0.2, 0) is 0 Å². The first kappa shape index (κ1) is 10.0. The maximum atomic E-state index is 8.56. The average Bonchev–Trinajstić information content (AvgIpc) is 2.05. The van der Waals surface area contributed by atoms with E-state index in [9.17, 15) is 0 Å². The molecule has 0 aliphatic rings. The Labute approximate surface area is 84.5 Å². The van der Waals surface area contributed by atoms with E-state index in [1.165, 1.54) is 0 Å². The first-order valence-electron chi connectivity index (χ1n) is 3.67. The van der Waals surface area contributed by atoms with E-state index in [4.69, 9.17) is 5.11 Å². The van der Waals surface area contributed by atoms with Crippen LogP contribution in [0.2, 0.25) is 0 Å². The van der Waals surface area contributed by atoms with Crippen LogP contribution in [0.25, 0.3) is 0 Å². The van der Waals surface area contributed by atoms with Crippen molar-refractivity contribution in [1.82, 2.24) is 4.98 Å². The summed E-state index contributed by atoms with van der Waals surface area (Å²) in [5.41, 5.74) is 0. The van der Waals surface area contributed by atoms with Crippen molar-refractivity contribution in [2.75, 3.05) is 12.4 Å². The summed E-state index contributed by atoms with van der Waals surface area (Å²) in [6, 6.07) is 2.02. The zero-order chi connectivity index (χ0) is 8.81. The second kappa shape index (κ2) is 5.56. The molecule has 1 aromatic rings. The van der Waals surface area contributed by atoms with Crippen LogP contribution < -0.4 is 0 Å². The van der Waals surface area contributed by atoms with E-state index in [2.05, 4.69) is 20.9 Å². The molecular weight excluding hydrogens is 238 g/mol. The summed E-state index contributed by atoms with van der Waals surface area (Å²) in [7, 11) is 0. The van der Waals surface area contributed by atoms with Gasteiger partial charge in [0.05, 0.1) is 0 Å². The lowest BCUT2D eigenvalue weighted by atomic mass is 10.5. The van der Waals surface area contributed by atoms with Gasteiger partial charge in [0.1, 0.15) is 0 Å². The first-order chi connectivity index (χ1) is 5.83. The van der Waals surface area contributed by atoms with Gasteiger partial charge < -0.3 is 5.11 Å². The van der Waals surface area contributed by atoms with Crippen molar-refractivity contribution >= 4 is 27.7 Å². The molecule has 0 saturated carbocycles. The number of pyridine rings is 1. The lowest BCUT2D eigenvalue weighted by Crippen LogP contribution is -1.85. The zero-order valence-electron chi connectivity index (χ0n) is 6.53. The Bertz CT molecular complexity index is 244. The highest BCUT2D eigenvalue weighted by atomic mass is 79.9. The monoisotopic (exact) mass is 247 g/mol. The van der Waals surface area contributed by atoms with Crippen molar-refractivity contribution in [3.05, 3.63) is 22.9 Å². The molecule has 0 aliphatic carbocycles. The number of thioether (sulfide) groups is 1. The molecule has 1 N–H and O–H groups in total. The number of hydrogen-bond acceptors (Lipinski definition) is 3. The second-order valence-electron chi connectivity index (χ2n) is 2.26. The minimum absolute atomic E-state index is 0.258. The Balaban J connectivity index is 2.41. The largest absolute Gasteiger partial charge is 0.396 e. The van der Waals surface area contributed by atoms with E-state index < -0.39 is 0 Å². The Kier molecular flexibility index (Phi) is 4.65. The number of rotatable bonds is 4. The van der Waals surface area contributed by atoms with Crippen LogP contribution in [0.1, 0.15) is 6.42 Å². The molecule has 66 valence electrons. The number of nitrogens with zero attached hydrogens (tertiary/aromatic N) is 1. The van der Waals surface area contributed by atoms with Crippen LogP contribution in [0.4, 0.5) is 0 Å². The van der Waals surface area contributed by atoms with Gasteiger partial charge in [-0.25, -0.2) is 0 Å². The number of hydrogen-bond donors (Lipinski definition) is 1. The molecule has 1 aromatic heterocycles. The lowest BCUT2D eigenvalue weighted by molar-refractivity contribution is 0.296. The van der Waals surface area contributed by atoms with Crippen LogP contribution in [-0.4, -0.2) is 22.5 Å².